The molecule has 0 unspecified atom stereocenters. The van der Waals surface area contributed by atoms with E-state index in [0.29, 0.717) is 42.8 Å². The average Bonchev–Trinajstić information content (AvgIpc) is 3.34. The highest BCUT2D eigenvalue weighted by Gasteiger charge is 2.33. The van der Waals surface area contributed by atoms with E-state index >= 15 is 0 Å². The Bertz CT molecular complexity index is 2080. The predicted molar refractivity (Wildman–Crippen MR) is 172 cm³/mol. The minimum Gasteiger partial charge on any atom is -0.488 e. The molecule has 6 nitrogen and oxygen atoms in total. The first kappa shape index (κ1) is 28.9. The lowest BCUT2D eigenvalue weighted by molar-refractivity contribution is -0.136. The van der Waals surface area contributed by atoms with E-state index in [-0.39, 0.29) is 12.2 Å². The normalized spacial score (nSPS) is 14.9. The van der Waals surface area contributed by atoms with Gasteiger partial charge in [0.1, 0.15) is 12.4 Å². The van der Waals surface area contributed by atoms with Gasteiger partial charge < -0.3 is 9.47 Å². The number of rotatable bonds is 7. The van der Waals surface area contributed by atoms with Crippen molar-refractivity contribution in [1.29, 1.82) is 0 Å². The summed E-state index contributed by atoms with van der Waals surface area (Å²) in [6, 6.07) is 25.9. The molecule has 1 aromatic heterocycles. The number of carbonyl (C=O) groups is 1. The number of fused-ring (bicyclic) bond motifs is 2. The number of aromatic nitrogens is 1. The Kier molecular flexibility index (Phi) is 8.21. The van der Waals surface area contributed by atoms with Gasteiger partial charge in [-0.05, 0) is 47.0 Å². The molecule has 5 aromatic rings. The predicted octanol–water partition coefficient (Wildman–Crippen LogP) is 6.84. The summed E-state index contributed by atoms with van der Waals surface area (Å²) in [5, 5.41) is 2.99. The van der Waals surface area contributed by atoms with Crippen LogP contribution in [0.25, 0.3) is 16.8 Å². The third kappa shape index (κ3) is 5.52. The van der Waals surface area contributed by atoms with Crippen LogP contribution in [0.15, 0.2) is 106 Å². The van der Waals surface area contributed by atoms with E-state index in [1.165, 1.54) is 18.4 Å². The van der Waals surface area contributed by atoms with E-state index in [2.05, 4.69) is 0 Å². The Labute approximate surface area is 261 Å². The van der Waals surface area contributed by atoms with Gasteiger partial charge in [0.05, 0.1) is 29.0 Å². The molecule has 216 valence electrons. The molecule has 0 saturated carbocycles. The van der Waals surface area contributed by atoms with Crippen molar-refractivity contribution in [3.8, 4) is 5.75 Å². The van der Waals surface area contributed by atoms with Gasteiger partial charge in [-0.3, -0.25) is 9.36 Å². The number of carbonyl (C=O) groups excluding carboxylic acids is 1. The van der Waals surface area contributed by atoms with E-state index in [1.54, 1.807) is 16.7 Å². The summed E-state index contributed by atoms with van der Waals surface area (Å²) >= 11 is 13.8. The highest BCUT2D eigenvalue weighted by molar-refractivity contribution is 7.07. The van der Waals surface area contributed by atoms with E-state index in [0.717, 1.165) is 27.5 Å². The number of hydrogen-bond acceptors (Lipinski definition) is 6. The maximum absolute atomic E-state index is 14.2. The highest BCUT2D eigenvalue weighted by Crippen LogP contribution is 2.33. The summed E-state index contributed by atoms with van der Waals surface area (Å²) in [6.45, 7) is 2.15. The van der Waals surface area contributed by atoms with Gasteiger partial charge in [0, 0.05) is 21.2 Å². The molecule has 4 aromatic carbocycles. The molecule has 1 aliphatic rings. The average molecular weight is 630 g/mol. The Morgan fingerprint density at radius 3 is 2.53 bits per heavy atom. The number of hydrogen-bond donors (Lipinski definition) is 0. The van der Waals surface area contributed by atoms with Gasteiger partial charge in [-0.15, -0.1) is 0 Å². The summed E-state index contributed by atoms with van der Waals surface area (Å²) in [7, 11) is 1.34. The first-order valence-corrected chi connectivity index (χ1v) is 15.2. The van der Waals surface area contributed by atoms with Crippen molar-refractivity contribution in [2.24, 2.45) is 4.99 Å². The standard InChI is InChI=1S/C34H26Cl2N2O4S/c1-3-27-30(33(40)41-2)31(21-10-5-4-6-11-21)38-32(39)29(43-34(38)37-27)18-25-24-12-8-7-9-20(24)14-16-28(25)42-19-22-13-15-23(35)17-26(22)36/h4-18,31H,3,19H2,1-2H3/b29-18+/t31-/m1/s1. The summed E-state index contributed by atoms with van der Waals surface area (Å²) in [6.07, 6.45) is 2.36. The highest BCUT2D eigenvalue weighted by atomic mass is 35.5. The summed E-state index contributed by atoms with van der Waals surface area (Å²) in [4.78, 5) is 32.6. The third-order valence-electron chi connectivity index (χ3n) is 7.37. The molecule has 1 atom stereocenters. The Hall–Kier alpha value is -4.17. The second kappa shape index (κ2) is 12.2. The monoisotopic (exact) mass is 628 g/mol. The molecule has 9 heteroatoms. The summed E-state index contributed by atoms with van der Waals surface area (Å²) < 4.78 is 13.5. The molecule has 0 radical (unpaired) electrons. The van der Waals surface area contributed by atoms with E-state index in [9.17, 15) is 9.59 Å². The smallest absolute Gasteiger partial charge is 0.338 e. The third-order valence-corrected chi connectivity index (χ3v) is 8.94. The fourth-order valence-corrected chi connectivity index (χ4v) is 6.76. The van der Waals surface area contributed by atoms with Gasteiger partial charge in [-0.2, -0.15) is 0 Å². The van der Waals surface area contributed by atoms with Gasteiger partial charge in [0.2, 0.25) is 0 Å². The fourth-order valence-electron chi connectivity index (χ4n) is 5.29. The summed E-state index contributed by atoms with van der Waals surface area (Å²) in [5.41, 5.74) is 3.05. The van der Waals surface area contributed by atoms with E-state index in [4.69, 9.17) is 37.7 Å². The first-order chi connectivity index (χ1) is 20.9. The number of benzene rings is 4. The van der Waals surface area contributed by atoms with Crippen molar-refractivity contribution in [3.05, 3.63) is 143 Å². The van der Waals surface area contributed by atoms with Crippen LogP contribution in [-0.4, -0.2) is 17.6 Å². The Morgan fingerprint density at radius 2 is 1.79 bits per heavy atom. The molecule has 0 saturated heterocycles. The van der Waals surface area contributed by atoms with Crippen molar-refractivity contribution < 1.29 is 14.3 Å². The molecule has 0 amide bonds. The number of esters is 1. The second-order valence-electron chi connectivity index (χ2n) is 9.92. The number of halogens is 2. The van der Waals surface area contributed by atoms with Crippen molar-refractivity contribution in [2.75, 3.05) is 7.11 Å². The van der Waals surface area contributed by atoms with E-state index < -0.39 is 12.0 Å². The van der Waals surface area contributed by atoms with Crippen molar-refractivity contribution >= 4 is 57.4 Å². The van der Waals surface area contributed by atoms with Crippen LogP contribution in [0.5, 0.6) is 5.75 Å². The number of nitrogens with zero attached hydrogens (tertiary/aromatic N) is 2. The Morgan fingerprint density at radius 1 is 1.02 bits per heavy atom. The van der Waals surface area contributed by atoms with Crippen LogP contribution in [-0.2, 0) is 16.1 Å². The zero-order valence-corrected chi connectivity index (χ0v) is 25.7. The number of allylic oxidation sites excluding steroid dienone is 1. The van der Waals surface area contributed by atoms with Gasteiger partial charge in [0.15, 0.2) is 4.80 Å². The largest absolute Gasteiger partial charge is 0.488 e. The van der Waals surface area contributed by atoms with Gasteiger partial charge >= 0.3 is 5.97 Å². The van der Waals surface area contributed by atoms with Crippen molar-refractivity contribution in [2.45, 2.75) is 26.0 Å². The number of methoxy groups -OCH3 is 1. The molecule has 0 spiro atoms. The number of ether oxygens (including phenoxy) is 2. The van der Waals surface area contributed by atoms with Crippen molar-refractivity contribution in [1.82, 2.24) is 4.57 Å². The lowest BCUT2D eigenvalue weighted by Gasteiger charge is -2.25. The molecule has 0 aliphatic carbocycles. The van der Waals surface area contributed by atoms with Crippen LogP contribution in [0.3, 0.4) is 0 Å². The molecule has 43 heavy (non-hydrogen) atoms. The second-order valence-corrected chi connectivity index (χ2v) is 11.8. The molecule has 1 aliphatic heterocycles. The quantitative estimate of drug-likeness (QED) is 0.185. The van der Waals surface area contributed by atoms with Crippen LogP contribution in [0.2, 0.25) is 10.0 Å². The molecule has 6 rings (SSSR count). The zero-order valence-electron chi connectivity index (χ0n) is 23.3. The molecule has 0 bridgehead atoms. The minimum atomic E-state index is -0.669. The first-order valence-electron chi connectivity index (χ1n) is 13.7. The Balaban J connectivity index is 1.54. The maximum Gasteiger partial charge on any atom is 0.338 e. The molecule has 2 heterocycles. The fraction of sp³-hybridized carbons (Fsp3) is 0.147. The van der Waals surface area contributed by atoms with Crippen LogP contribution >= 0.6 is 34.5 Å². The molecule has 0 N–H and O–H groups in total. The van der Waals surface area contributed by atoms with Gasteiger partial charge in [-0.25, -0.2) is 9.79 Å². The van der Waals surface area contributed by atoms with Gasteiger partial charge in [0.25, 0.3) is 5.56 Å². The topological polar surface area (TPSA) is 69.9 Å². The van der Waals surface area contributed by atoms with Gasteiger partial charge in [-0.1, -0.05) is 108 Å². The number of thiazole rings is 1. The lowest BCUT2D eigenvalue weighted by atomic mass is 9.95. The molecular weight excluding hydrogens is 603 g/mol. The molecule has 0 fully saturated rings. The van der Waals surface area contributed by atoms with Crippen LogP contribution < -0.4 is 19.6 Å². The van der Waals surface area contributed by atoms with E-state index in [1.807, 2.05) is 85.8 Å². The van der Waals surface area contributed by atoms with Crippen LogP contribution in [0.4, 0.5) is 0 Å². The zero-order chi connectivity index (χ0) is 30.1. The maximum atomic E-state index is 14.2. The minimum absolute atomic E-state index is 0.215. The van der Waals surface area contributed by atoms with Crippen molar-refractivity contribution in [3.63, 3.8) is 0 Å². The SMILES string of the molecule is CCC1=C(C(=O)OC)[C@@H](c2ccccc2)n2c(s/c(=C/c3c(OCc4ccc(Cl)cc4Cl)ccc4ccccc34)c2=O)=N1. The van der Waals surface area contributed by atoms with Crippen LogP contribution in [0.1, 0.15) is 36.1 Å². The van der Waals surface area contributed by atoms with Crippen LogP contribution in [0, 0.1) is 0 Å². The summed E-state index contributed by atoms with van der Waals surface area (Å²) in [5.74, 6) is 0.0917. The lowest BCUT2D eigenvalue weighted by Crippen LogP contribution is -2.40. The molecular formula is C34H26Cl2N2O4S.